The van der Waals surface area contributed by atoms with Crippen molar-refractivity contribution in [2.75, 3.05) is 6.54 Å². The molecule has 2 N–H and O–H groups in total. The van der Waals surface area contributed by atoms with Gasteiger partial charge in [0.15, 0.2) is 0 Å². The third kappa shape index (κ3) is 5.61. The molecule has 160 valence electrons. The minimum atomic E-state index is -0.156. The molecule has 1 fully saturated rings. The molecular formula is C23H30FN5S. The molecule has 1 aliphatic rings. The van der Waals surface area contributed by atoms with Gasteiger partial charge >= 0.3 is 0 Å². The van der Waals surface area contributed by atoms with Crippen LogP contribution in [0, 0.1) is 5.92 Å². The second-order valence-corrected chi connectivity index (χ2v) is 8.09. The predicted molar refractivity (Wildman–Crippen MR) is 125 cm³/mol. The summed E-state index contributed by atoms with van der Waals surface area (Å²) in [6.45, 7) is 8.02. The minimum absolute atomic E-state index is 0.156. The number of nitrogens with zero attached hydrogens (tertiary/aromatic N) is 3. The number of hydrogen-bond donors (Lipinski definition) is 3. The fourth-order valence-corrected chi connectivity index (χ4v) is 3.97. The molecule has 2 atom stereocenters. The van der Waals surface area contributed by atoms with Crippen LogP contribution >= 0.6 is 12.6 Å². The number of rotatable bonds is 5. The summed E-state index contributed by atoms with van der Waals surface area (Å²) in [5.41, 5.74) is 4.25. The Morgan fingerprint density at radius 2 is 2.20 bits per heavy atom. The van der Waals surface area contributed by atoms with Crippen molar-refractivity contribution in [2.45, 2.75) is 46.2 Å². The van der Waals surface area contributed by atoms with Crippen LogP contribution < -0.4 is 5.32 Å². The molecule has 2 unspecified atom stereocenters. The summed E-state index contributed by atoms with van der Waals surface area (Å²) in [6, 6.07) is 6.98. The number of pyridine rings is 1. The molecule has 7 heteroatoms. The number of fused-ring (bicyclic) bond motifs is 1. The number of aromatic nitrogens is 4. The summed E-state index contributed by atoms with van der Waals surface area (Å²) >= 11 is 3.90. The summed E-state index contributed by atoms with van der Waals surface area (Å²) in [7, 11) is 0. The maximum atomic E-state index is 12.5. The number of H-pyrrole nitrogens is 1. The van der Waals surface area contributed by atoms with Crippen molar-refractivity contribution in [1.29, 1.82) is 0 Å². The summed E-state index contributed by atoms with van der Waals surface area (Å²) in [5, 5.41) is 10.3. The lowest BCUT2D eigenvalue weighted by Crippen LogP contribution is -2.17. The molecule has 0 aliphatic carbocycles. The molecule has 0 spiro atoms. The fourth-order valence-electron chi connectivity index (χ4n) is 3.67. The molecular weight excluding hydrogens is 397 g/mol. The second-order valence-electron chi connectivity index (χ2n) is 7.61. The van der Waals surface area contributed by atoms with Gasteiger partial charge in [-0.05, 0) is 57.4 Å². The molecule has 0 amide bonds. The number of allylic oxidation sites excluding steroid dienone is 3. The van der Waals surface area contributed by atoms with Gasteiger partial charge in [0, 0.05) is 35.4 Å². The molecule has 30 heavy (non-hydrogen) atoms. The van der Waals surface area contributed by atoms with Crippen LogP contribution in [-0.2, 0) is 6.54 Å². The van der Waals surface area contributed by atoms with E-state index < -0.39 is 0 Å². The lowest BCUT2D eigenvalue weighted by molar-refractivity contribution is 0.483. The normalized spacial score (nSPS) is 19.8. The van der Waals surface area contributed by atoms with Crippen molar-refractivity contribution in [3.8, 4) is 11.3 Å². The first-order valence-electron chi connectivity index (χ1n) is 10.4. The van der Waals surface area contributed by atoms with E-state index in [0.29, 0.717) is 23.3 Å². The molecule has 3 aromatic heterocycles. The van der Waals surface area contributed by atoms with Gasteiger partial charge in [0.2, 0.25) is 0 Å². The van der Waals surface area contributed by atoms with Crippen LogP contribution in [0.4, 0.5) is 4.39 Å². The average Bonchev–Trinajstić information content (AvgIpc) is 3.50. The Kier molecular flexibility index (Phi) is 7.87. The van der Waals surface area contributed by atoms with E-state index in [1.165, 1.54) is 11.9 Å². The van der Waals surface area contributed by atoms with E-state index in [-0.39, 0.29) is 5.83 Å². The smallest absolute Gasteiger partial charge is 0.113 e. The van der Waals surface area contributed by atoms with E-state index in [1.54, 1.807) is 25.3 Å². The van der Waals surface area contributed by atoms with Gasteiger partial charge in [-0.3, -0.25) is 5.10 Å². The van der Waals surface area contributed by atoms with E-state index in [2.05, 4.69) is 64.0 Å². The molecule has 1 aliphatic heterocycles. The van der Waals surface area contributed by atoms with Crippen molar-refractivity contribution in [1.82, 2.24) is 25.1 Å². The molecule has 3 aromatic rings. The van der Waals surface area contributed by atoms with E-state index in [1.807, 2.05) is 13.1 Å². The number of halogens is 1. The highest BCUT2D eigenvalue weighted by Crippen LogP contribution is 2.23. The van der Waals surface area contributed by atoms with Crippen LogP contribution in [0.1, 0.15) is 33.6 Å². The van der Waals surface area contributed by atoms with Gasteiger partial charge in [0.05, 0.1) is 22.9 Å². The van der Waals surface area contributed by atoms with Gasteiger partial charge in [-0.15, -0.1) is 12.6 Å². The lowest BCUT2D eigenvalue weighted by Gasteiger charge is -2.11. The first kappa shape index (κ1) is 22.3. The van der Waals surface area contributed by atoms with Crippen molar-refractivity contribution in [2.24, 2.45) is 5.92 Å². The molecule has 0 radical (unpaired) electrons. The molecule has 0 bridgehead atoms. The highest BCUT2D eigenvalue weighted by Gasteiger charge is 2.21. The quantitative estimate of drug-likeness (QED) is 0.372. The van der Waals surface area contributed by atoms with Gasteiger partial charge in [-0.25, -0.2) is 9.37 Å². The third-order valence-corrected chi connectivity index (χ3v) is 5.62. The summed E-state index contributed by atoms with van der Waals surface area (Å²) < 4.78 is 14.8. The molecule has 5 nitrogen and oxygen atoms in total. The van der Waals surface area contributed by atoms with Crippen LogP contribution in [0.5, 0.6) is 0 Å². The van der Waals surface area contributed by atoms with Crippen LogP contribution in [0.2, 0.25) is 0 Å². The molecule has 4 rings (SSSR count). The topological polar surface area (TPSA) is 58.5 Å². The van der Waals surface area contributed by atoms with E-state index in [9.17, 15) is 4.39 Å². The Bertz CT molecular complexity index is 1010. The van der Waals surface area contributed by atoms with Gasteiger partial charge in [-0.2, -0.15) is 5.10 Å². The van der Waals surface area contributed by atoms with Crippen LogP contribution in [0.25, 0.3) is 22.3 Å². The Morgan fingerprint density at radius 1 is 1.37 bits per heavy atom. The van der Waals surface area contributed by atoms with Crippen molar-refractivity contribution >= 4 is 23.7 Å². The van der Waals surface area contributed by atoms with Crippen molar-refractivity contribution in [3.05, 3.63) is 59.7 Å². The maximum Gasteiger partial charge on any atom is 0.113 e. The molecule has 0 saturated carbocycles. The number of hydrogen-bond acceptors (Lipinski definition) is 4. The number of aromatic amines is 1. The van der Waals surface area contributed by atoms with Gasteiger partial charge < -0.3 is 9.88 Å². The molecule has 0 aromatic carbocycles. The van der Waals surface area contributed by atoms with Crippen molar-refractivity contribution < 1.29 is 4.39 Å². The van der Waals surface area contributed by atoms with E-state index >= 15 is 0 Å². The maximum absolute atomic E-state index is 12.5. The zero-order valence-corrected chi connectivity index (χ0v) is 18.7. The first-order chi connectivity index (χ1) is 14.5. The largest absolute Gasteiger partial charge is 0.346 e. The van der Waals surface area contributed by atoms with Crippen LogP contribution in [0.3, 0.4) is 0 Å². The Morgan fingerprint density at radius 3 is 2.83 bits per heavy atom. The SMILES string of the molecule is C/C=C\C(S)=C(\F)CC.CC1CC(Cn2ccc3nc(-c4cn[nH]c4)ccc32)CN1. The van der Waals surface area contributed by atoms with Gasteiger partial charge in [-0.1, -0.05) is 19.1 Å². The monoisotopic (exact) mass is 427 g/mol. The van der Waals surface area contributed by atoms with E-state index in [0.717, 1.165) is 29.9 Å². The number of nitrogens with one attached hydrogen (secondary N) is 2. The molecule has 4 heterocycles. The highest BCUT2D eigenvalue weighted by molar-refractivity contribution is 7.84. The molecule has 1 saturated heterocycles. The fraction of sp³-hybridized carbons (Fsp3) is 0.391. The Balaban J connectivity index is 0.000000244. The minimum Gasteiger partial charge on any atom is -0.346 e. The Hall–Kier alpha value is -2.38. The van der Waals surface area contributed by atoms with Crippen molar-refractivity contribution in [3.63, 3.8) is 0 Å². The highest BCUT2D eigenvalue weighted by atomic mass is 32.1. The average molecular weight is 428 g/mol. The standard InChI is InChI=1S/C16H19N5.C7H11FS/c1-11-6-12(7-17-11)10-21-5-4-15-16(21)3-2-14(20-15)13-8-18-19-9-13;1-3-5-7(9)6(8)4-2/h2-5,8-9,11-12,17H,6-7,10H2,1H3,(H,18,19);3,5,9H,4H2,1-2H3/b;5-3-,7-6-. The lowest BCUT2D eigenvalue weighted by atomic mass is 10.1. The summed E-state index contributed by atoms with van der Waals surface area (Å²) in [4.78, 5) is 5.16. The van der Waals surface area contributed by atoms with Crippen LogP contribution in [0.15, 0.2) is 59.7 Å². The zero-order chi connectivity index (χ0) is 21.5. The predicted octanol–water partition coefficient (Wildman–Crippen LogP) is 5.51. The second kappa shape index (κ2) is 10.6. The third-order valence-electron chi connectivity index (χ3n) is 5.23. The zero-order valence-electron chi connectivity index (χ0n) is 17.8. The Labute approximate surface area is 182 Å². The number of thiol groups is 1. The first-order valence-corrected chi connectivity index (χ1v) is 10.8. The summed E-state index contributed by atoms with van der Waals surface area (Å²) in [5.74, 6) is 0.556. The summed E-state index contributed by atoms with van der Waals surface area (Å²) in [6.07, 6.45) is 10.9. The van der Waals surface area contributed by atoms with E-state index in [4.69, 9.17) is 4.98 Å². The van der Waals surface area contributed by atoms with Crippen LogP contribution in [-0.4, -0.2) is 32.3 Å². The van der Waals surface area contributed by atoms with Gasteiger partial charge in [0.25, 0.3) is 0 Å². The van der Waals surface area contributed by atoms with Gasteiger partial charge in [0.1, 0.15) is 5.83 Å².